The van der Waals surface area contributed by atoms with Gasteiger partial charge in [0.05, 0.1) is 5.69 Å². The van der Waals surface area contributed by atoms with Crippen LogP contribution in [0.5, 0.6) is 0 Å². The van der Waals surface area contributed by atoms with Gasteiger partial charge < -0.3 is 5.32 Å². The summed E-state index contributed by atoms with van der Waals surface area (Å²) in [5, 5.41) is 7.55. The van der Waals surface area contributed by atoms with Gasteiger partial charge in [0.15, 0.2) is 5.13 Å². The maximum absolute atomic E-state index is 12.8. The first-order chi connectivity index (χ1) is 8.19. The molecule has 2 aromatic rings. The van der Waals surface area contributed by atoms with Crippen molar-refractivity contribution in [2.24, 2.45) is 0 Å². The van der Waals surface area contributed by atoms with E-state index in [1.54, 1.807) is 0 Å². The third kappa shape index (κ3) is 3.80. The van der Waals surface area contributed by atoms with Gasteiger partial charge in [-0.15, -0.1) is 23.7 Å². The Labute approximate surface area is 116 Å². The van der Waals surface area contributed by atoms with Crippen LogP contribution in [0, 0.1) is 12.1 Å². The van der Waals surface area contributed by atoms with Crippen molar-refractivity contribution in [1.82, 2.24) is 15.1 Å². The number of rotatable bonds is 5. The number of nitrogens with one attached hydrogen (secondary N) is 1. The van der Waals surface area contributed by atoms with Crippen LogP contribution in [-0.2, 0) is 19.6 Å². The summed E-state index contributed by atoms with van der Waals surface area (Å²) < 4.78 is 14.7. The molecular formula is C12H17ClFN3S. The number of thiophene rings is 1. The molecule has 3 nitrogen and oxygen atoms in total. The smallest absolute Gasteiger partial charge is 0.176 e. The largest absolute Gasteiger partial charge is 0.308 e. The van der Waals surface area contributed by atoms with Crippen molar-refractivity contribution in [1.29, 1.82) is 0 Å². The molecule has 100 valence electrons. The highest BCUT2D eigenvalue weighted by Crippen LogP contribution is 2.14. The molecule has 6 heteroatoms. The molecule has 0 saturated heterocycles. The molecule has 0 atom stereocenters. The van der Waals surface area contributed by atoms with Crippen LogP contribution in [0.25, 0.3) is 0 Å². The fourth-order valence-electron chi connectivity index (χ4n) is 1.66. The van der Waals surface area contributed by atoms with Crippen molar-refractivity contribution in [3.8, 4) is 0 Å². The van der Waals surface area contributed by atoms with E-state index in [0.717, 1.165) is 23.7 Å². The number of hydrogen-bond acceptors (Lipinski definition) is 3. The van der Waals surface area contributed by atoms with E-state index in [2.05, 4.69) is 23.5 Å². The lowest BCUT2D eigenvalue weighted by molar-refractivity contribution is 0.652. The second kappa shape index (κ2) is 6.87. The fourth-order valence-corrected chi connectivity index (χ4v) is 2.36. The lowest BCUT2D eigenvalue weighted by atomic mass is 10.2. The summed E-state index contributed by atoms with van der Waals surface area (Å²) >= 11 is 1.19. The molecule has 0 aliphatic carbocycles. The summed E-state index contributed by atoms with van der Waals surface area (Å²) in [6, 6.07) is 3.32. The van der Waals surface area contributed by atoms with Gasteiger partial charge in [0.1, 0.15) is 0 Å². The van der Waals surface area contributed by atoms with Gasteiger partial charge in [-0.05, 0) is 26.0 Å². The number of halogens is 2. The van der Waals surface area contributed by atoms with E-state index in [4.69, 9.17) is 0 Å². The van der Waals surface area contributed by atoms with Gasteiger partial charge in [-0.1, -0.05) is 0 Å². The van der Waals surface area contributed by atoms with Crippen LogP contribution in [0.1, 0.15) is 23.1 Å². The Kier molecular flexibility index (Phi) is 5.78. The zero-order chi connectivity index (χ0) is 12.3. The molecule has 0 saturated carbocycles. The first-order valence-corrected chi connectivity index (χ1v) is 6.48. The normalized spacial score (nSPS) is 10.4. The average molecular weight is 290 g/mol. The molecule has 0 aliphatic rings. The maximum Gasteiger partial charge on any atom is 0.176 e. The quantitative estimate of drug-likeness (QED) is 0.916. The minimum atomic E-state index is -0.128. The van der Waals surface area contributed by atoms with Crippen LogP contribution in [-0.4, -0.2) is 9.78 Å². The Hall–Kier alpha value is -0.910. The van der Waals surface area contributed by atoms with Gasteiger partial charge in [0.25, 0.3) is 0 Å². The molecule has 0 radical (unpaired) electrons. The average Bonchev–Trinajstić information content (AvgIpc) is 2.86. The minimum Gasteiger partial charge on any atom is -0.308 e. The Morgan fingerprint density at radius 2 is 2.17 bits per heavy atom. The minimum absolute atomic E-state index is 0. The van der Waals surface area contributed by atoms with Gasteiger partial charge in [-0.2, -0.15) is 9.49 Å². The second-order valence-corrected chi connectivity index (χ2v) is 5.02. The van der Waals surface area contributed by atoms with E-state index in [0.29, 0.717) is 6.54 Å². The van der Waals surface area contributed by atoms with E-state index < -0.39 is 0 Å². The molecule has 2 aromatic heterocycles. The predicted octanol–water partition coefficient (Wildman–Crippen LogP) is 3.12. The van der Waals surface area contributed by atoms with E-state index in [9.17, 15) is 4.39 Å². The Balaban J connectivity index is 0.00000162. The summed E-state index contributed by atoms with van der Waals surface area (Å²) in [6.07, 6.45) is 2.05. The number of aromatic nitrogens is 2. The van der Waals surface area contributed by atoms with Crippen molar-refractivity contribution in [3.63, 3.8) is 0 Å². The number of aryl methyl sites for hydroxylation is 2. The molecule has 0 aromatic carbocycles. The molecule has 0 unspecified atom stereocenters. The summed E-state index contributed by atoms with van der Waals surface area (Å²) in [7, 11) is 0. The summed E-state index contributed by atoms with van der Waals surface area (Å²) in [4.78, 5) is 1.02. The van der Waals surface area contributed by atoms with Gasteiger partial charge in [-0.3, -0.25) is 4.68 Å². The molecule has 18 heavy (non-hydrogen) atoms. The first kappa shape index (κ1) is 15.1. The Morgan fingerprint density at radius 3 is 2.72 bits per heavy atom. The molecule has 1 N–H and O–H groups in total. The lowest BCUT2D eigenvalue weighted by Crippen LogP contribution is -2.11. The van der Waals surface area contributed by atoms with Crippen LogP contribution >= 0.6 is 23.7 Å². The van der Waals surface area contributed by atoms with Gasteiger partial charge >= 0.3 is 0 Å². The van der Waals surface area contributed by atoms with Crippen LogP contribution in [0.4, 0.5) is 4.39 Å². The second-order valence-electron chi connectivity index (χ2n) is 3.90. The zero-order valence-electron chi connectivity index (χ0n) is 10.4. The molecule has 2 rings (SSSR count). The highest BCUT2D eigenvalue weighted by molar-refractivity contribution is 7.10. The van der Waals surface area contributed by atoms with Crippen molar-refractivity contribution < 1.29 is 4.39 Å². The topological polar surface area (TPSA) is 29.9 Å². The van der Waals surface area contributed by atoms with Crippen LogP contribution in [0.3, 0.4) is 0 Å². The Bertz CT molecular complexity index is 495. The summed E-state index contributed by atoms with van der Waals surface area (Å²) in [5.74, 6) is 0. The number of hydrogen-bond donors (Lipinski definition) is 1. The highest BCUT2D eigenvalue weighted by atomic mass is 35.5. The summed E-state index contributed by atoms with van der Waals surface area (Å²) in [6.45, 7) is 6.43. The third-order valence-corrected chi connectivity index (χ3v) is 3.49. The molecule has 0 amide bonds. The molecule has 2 heterocycles. The third-order valence-electron chi connectivity index (χ3n) is 2.62. The molecular weight excluding hydrogens is 273 g/mol. The van der Waals surface area contributed by atoms with Crippen molar-refractivity contribution in [2.45, 2.75) is 33.5 Å². The molecule has 0 bridgehead atoms. The molecule has 0 fully saturated rings. The summed E-state index contributed by atoms with van der Waals surface area (Å²) in [5.41, 5.74) is 2.25. The van der Waals surface area contributed by atoms with Crippen molar-refractivity contribution in [3.05, 3.63) is 39.6 Å². The van der Waals surface area contributed by atoms with Crippen LogP contribution in [0.15, 0.2) is 18.3 Å². The van der Waals surface area contributed by atoms with Gasteiger partial charge in [-0.25, -0.2) is 0 Å². The standard InChI is InChI=1S/C12H16FN3S.ClH/c1-3-16-8-10(9(2)15-16)6-14-7-11-4-5-12(13)17-11;/h4-5,8,14H,3,6-7H2,1-2H3;1H. The van der Waals surface area contributed by atoms with E-state index in [1.807, 2.05) is 17.7 Å². The van der Waals surface area contributed by atoms with E-state index >= 15 is 0 Å². The van der Waals surface area contributed by atoms with Crippen molar-refractivity contribution >= 4 is 23.7 Å². The number of nitrogens with zero attached hydrogens (tertiary/aromatic N) is 2. The lowest BCUT2D eigenvalue weighted by Gasteiger charge is -2.01. The van der Waals surface area contributed by atoms with E-state index in [1.165, 1.54) is 23.0 Å². The van der Waals surface area contributed by atoms with Crippen molar-refractivity contribution in [2.75, 3.05) is 0 Å². The van der Waals surface area contributed by atoms with Crippen LogP contribution < -0.4 is 5.32 Å². The SMILES string of the molecule is CCn1cc(CNCc2ccc(F)s2)c(C)n1.Cl. The Morgan fingerprint density at radius 1 is 1.39 bits per heavy atom. The predicted molar refractivity (Wildman–Crippen MR) is 74.7 cm³/mol. The molecule has 0 spiro atoms. The van der Waals surface area contributed by atoms with E-state index in [-0.39, 0.29) is 17.5 Å². The van der Waals surface area contributed by atoms with Gasteiger partial charge in [0, 0.05) is 36.3 Å². The highest BCUT2D eigenvalue weighted by Gasteiger charge is 2.04. The molecule has 0 aliphatic heterocycles. The first-order valence-electron chi connectivity index (χ1n) is 5.67. The fraction of sp³-hybridized carbons (Fsp3) is 0.417. The maximum atomic E-state index is 12.8. The van der Waals surface area contributed by atoms with Gasteiger partial charge in [0.2, 0.25) is 0 Å². The zero-order valence-corrected chi connectivity index (χ0v) is 12.1. The van der Waals surface area contributed by atoms with Crippen LogP contribution in [0.2, 0.25) is 0 Å². The monoisotopic (exact) mass is 289 g/mol.